The number of ether oxygens (including phenoxy) is 1. The summed E-state index contributed by atoms with van der Waals surface area (Å²) in [7, 11) is 2.18. The van der Waals surface area contributed by atoms with Crippen molar-refractivity contribution in [1.29, 1.82) is 0 Å². The normalized spacial score (nSPS) is 20.7. The highest BCUT2D eigenvalue weighted by Gasteiger charge is 2.29. The smallest absolute Gasteiger partial charge is 0.318 e. The third-order valence-electron chi connectivity index (χ3n) is 7.57. The van der Waals surface area contributed by atoms with Gasteiger partial charge in [0, 0.05) is 57.4 Å². The molecule has 6 rings (SSSR count). The Kier molecular flexibility index (Phi) is 7.39. The van der Waals surface area contributed by atoms with Gasteiger partial charge < -0.3 is 19.9 Å². The maximum atomic E-state index is 6.20. The second kappa shape index (κ2) is 10.7. The average molecular weight is 495 g/mol. The molecular weight excluding hydrogens is 460 g/mol. The van der Waals surface area contributed by atoms with Crippen LogP contribution in [0.5, 0.6) is 6.01 Å². The molecule has 2 saturated heterocycles. The Morgan fingerprint density at radius 1 is 1.00 bits per heavy atom. The van der Waals surface area contributed by atoms with Crippen molar-refractivity contribution in [3.05, 3.63) is 59.3 Å². The SMILES string of the molecule is CN1CCC[C@H]1COc1nc2c(c(N3CCNCC3)n1)CN(Cc1cccc3ccccc13)C2.Cl. The number of aromatic nitrogens is 2. The van der Waals surface area contributed by atoms with Crippen LogP contribution in [0.2, 0.25) is 0 Å². The number of fused-ring (bicyclic) bond motifs is 2. The van der Waals surface area contributed by atoms with Crippen LogP contribution in [0, 0.1) is 0 Å². The zero-order valence-corrected chi connectivity index (χ0v) is 21.3. The highest BCUT2D eigenvalue weighted by molar-refractivity contribution is 5.86. The molecule has 3 aliphatic heterocycles. The summed E-state index contributed by atoms with van der Waals surface area (Å²) < 4.78 is 6.20. The van der Waals surface area contributed by atoms with E-state index in [1.54, 1.807) is 0 Å². The maximum Gasteiger partial charge on any atom is 0.318 e. The number of piperazine rings is 1. The third kappa shape index (κ3) is 5.09. The summed E-state index contributed by atoms with van der Waals surface area (Å²) in [6.07, 6.45) is 2.43. The van der Waals surface area contributed by atoms with Crippen molar-refractivity contribution in [2.24, 2.45) is 0 Å². The predicted molar refractivity (Wildman–Crippen MR) is 142 cm³/mol. The van der Waals surface area contributed by atoms with Gasteiger partial charge in [0.1, 0.15) is 12.4 Å². The lowest BCUT2D eigenvalue weighted by Gasteiger charge is -2.30. The van der Waals surface area contributed by atoms with E-state index in [1.165, 1.54) is 34.7 Å². The number of halogens is 1. The second-order valence-electron chi connectivity index (χ2n) is 9.86. The first kappa shape index (κ1) is 24.3. The largest absolute Gasteiger partial charge is 0.462 e. The molecule has 3 aliphatic rings. The Labute approximate surface area is 213 Å². The molecule has 2 fully saturated rings. The first-order valence-corrected chi connectivity index (χ1v) is 12.6. The van der Waals surface area contributed by atoms with E-state index < -0.39 is 0 Å². The summed E-state index contributed by atoms with van der Waals surface area (Å²) in [4.78, 5) is 17.2. The lowest BCUT2D eigenvalue weighted by molar-refractivity contribution is 0.187. The van der Waals surface area contributed by atoms with Crippen LogP contribution in [0.3, 0.4) is 0 Å². The number of hydrogen-bond acceptors (Lipinski definition) is 7. The molecule has 0 aliphatic carbocycles. The van der Waals surface area contributed by atoms with E-state index in [-0.39, 0.29) is 12.4 Å². The molecule has 0 spiro atoms. The minimum Gasteiger partial charge on any atom is -0.462 e. The number of rotatable bonds is 6. The number of benzene rings is 2. The summed E-state index contributed by atoms with van der Waals surface area (Å²) in [5, 5.41) is 6.09. The summed E-state index contributed by atoms with van der Waals surface area (Å²) in [6.45, 7) is 8.34. The van der Waals surface area contributed by atoms with Gasteiger partial charge in [0.2, 0.25) is 0 Å². The molecule has 8 heteroatoms. The monoisotopic (exact) mass is 494 g/mol. The standard InChI is InChI=1S/C27H34N6O.ClH/c1-31-13-5-9-22(31)19-34-27-29-25-18-32(16-21-8-4-7-20-6-2-3-10-23(20)21)17-24(25)26(30-27)33-14-11-28-12-15-33;/h2-4,6-8,10,22,28H,5,9,11-19H2,1H3;1H/t22-;/m0./s1. The van der Waals surface area contributed by atoms with Gasteiger partial charge in [-0.3, -0.25) is 4.90 Å². The molecule has 0 saturated carbocycles. The Hall–Kier alpha value is -2.45. The molecule has 2 aromatic carbocycles. The second-order valence-corrected chi connectivity index (χ2v) is 9.86. The van der Waals surface area contributed by atoms with Gasteiger partial charge >= 0.3 is 6.01 Å². The molecule has 0 amide bonds. The fraction of sp³-hybridized carbons (Fsp3) is 0.481. The summed E-state index contributed by atoms with van der Waals surface area (Å²) in [5.41, 5.74) is 3.76. The van der Waals surface area contributed by atoms with Crippen molar-refractivity contribution in [2.75, 3.05) is 51.3 Å². The number of anilines is 1. The minimum absolute atomic E-state index is 0. The van der Waals surface area contributed by atoms with Gasteiger partial charge in [-0.15, -0.1) is 12.4 Å². The number of nitrogens with one attached hydrogen (secondary N) is 1. The van der Waals surface area contributed by atoms with Crippen LogP contribution in [0.15, 0.2) is 42.5 Å². The van der Waals surface area contributed by atoms with Gasteiger partial charge in [0.05, 0.1) is 5.69 Å². The Morgan fingerprint density at radius 3 is 2.66 bits per heavy atom. The molecule has 1 N–H and O–H groups in total. The molecule has 1 atom stereocenters. The third-order valence-corrected chi connectivity index (χ3v) is 7.57. The summed E-state index contributed by atoms with van der Waals surface area (Å²) >= 11 is 0. The minimum atomic E-state index is 0. The molecule has 1 aromatic heterocycles. The molecule has 3 aromatic rings. The Balaban J connectivity index is 0.00000253. The fourth-order valence-corrected chi connectivity index (χ4v) is 5.63. The van der Waals surface area contributed by atoms with E-state index in [2.05, 4.69) is 69.5 Å². The van der Waals surface area contributed by atoms with E-state index >= 15 is 0 Å². The molecule has 4 heterocycles. The van der Waals surface area contributed by atoms with Crippen LogP contribution in [0.1, 0.15) is 29.7 Å². The molecular formula is C27H35ClN6O. The molecule has 0 unspecified atom stereocenters. The zero-order valence-electron chi connectivity index (χ0n) is 20.4. The topological polar surface area (TPSA) is 56.8 Å². The summed E-state index contributed by atoms with van der Waals surface area (Å²) in [5.74, 6) is 1.07. The molecule has 0 radical (unpaired) electrons. The van der Waals surface area contributed by atoms with E-state index in [9.17, 15) is 0 Å². The Morgan fingerprint density at radius 2 is 1.83 bits per heavy atom. The van der Waals surface area contributed by atoms with Crippen molar-refractivity contribution in [2.45, 2.75) is 38.5 Å². The Bertz CT molecular complexity index is 1160. The molecule has 7 nitrogen and oxygen atoms in total. The quantitative estimate of drug-likeness (QED) is 0.563. The highest BCUT2D eigenvalue weighted by Crippen LogP contribution is 2.33. The van der Waals surface area contributed by atoms with Crippen LogP contribution in [0.25, 0.3) is 10.8 Å². The maximum absolute atomic E-state index is 6.20. The van der Waals surface area contributed by atoms with Gasteiger partial charge in [-0.05, 0) is 42.8 Å². The van der Waals surface area contributed by atoms with Gasteiger partial charge in [-0.1, -0.05) is 42.5 Å². The molecule has 0 bridgehead atoms. The van der Waals surface area contributed by atoms with Crippen LogP contribution in [-0.2, 0) is 19.6 Å². The van der Waals surface area contributed by atoms with Crippen LogP contribution in [-0.4, -0.2) is 72.2 Å². The van der Waals surface area contributed by atoms with Crippen LogP contribution < -0.4 is 15.0 Å². The van der Waals surface area contributed by atoms with Gasteiger partial charge in [0.15, 0.2) is 0 Å². The summed E-state index contributed by atoms with van der Waals surface area (Å²) in [6, 6.07) is 16.3. The van der Waals surface area contributed by atoms with Crippen LogP contribution >= 0.6 is 12.4 Å². The molecule has 35 heavy (non-hydrogen) atoms. The van der Waals surface area contributed by atoms with E-state index in [4.69, 9.17) is 14.7 Å². The zero-order chi connectivity index (χ0) is 22.9. The highest BCUT2D eigenvalue weighted by atomic mass is 35.5. The average Bonchev–Trinajstić information content (AvgIpc) is 3.48. The first-order valence-electron chi connectivity index (χ1n) is 12.6. The van der Waals surface area contributed by atoms with Crippen molar-refractivity contribution in [1.82, 2.24) is 25.1 Å². The van der Waals surface area contributed by atoms with Gasteiger partial charge in [0.25, 0.3) is 0 Å². The van der Waals surface area contributed by atoms with Crippen molar-refractivity contribution in [3.8, 4) is 6.01 Å². The van der Waals surface area contributed by atoms with Crippen molar-refractivity contribution < 1.29 is 4.74 Å². The number of likely N-dealkylation sites (N-methyl/N-ethyl adjacent to an activating group) is 1. The number of nitrogens with zero attached hydrogens (tertiary/aromatic N) is 5. The number of likely N-dealkylation sites (tertiary alicyclic amines) is 1. The lowest BCUT2D eigenvalue weighted by atomic mass is 10.0. The predicted octanol–water partition coefficient (Wildman–Crippen LogP) is 3.45. The fourth-order valence-electron chi connectivity index (χ4n) is 5.63. The first-order chi connectivity index (χ1) is 16.7. The lowest BCUT2D eigenvalue weighted by Crippen LogP contribution is -2.44. The number of hydrogen-bond donors (Lipinski definition) is 1. The van der Waals surface area contributed by atoms with E-state index in [0.29, 0.717) is 18.7 Å². The van der Waals surface area contributed by atoms with Gasteiger partial charge in [-0.25, -0.2) is 0 Å². The van der Waals surface area contributed by atoms with Crippen LogP contribution in [0.4, 0.5) is 5.82 Å². The van der Waals surface area contributed by atoms with Crippen molar-refractivity contribution in [3.63, 3.8) is 0 Å². The van der Waals surface area contributed by atoms with Gasteiger partial charge in [-0.2, -0.15) is 9.97 Å². The van der Waals surface area contributed by atoms with E-state index in [0.717, 1.165) is 63.9 Å². The van der Waals surface area contributed by atoms with E-state index in [1.807, 2.05) is 0 Å². The van der Waals surface area contributed by atoms with Crippen molar-refractivity contribution >= 4 is 29.0 Å². The molecule has 186 valence electrons.